The molecule has 1 saturated carbocycles. The van der Waals surface area contributed by atoms with E-state index in [9.17, 15) is 9.59 Å². The van der Waals surface area contributed by atoms with Gasteiger partial charge in [0, 0.05) is 48.2 Å². The number of benzene rings is 2. The molecule has 1 atom stereocenters. The summed E-state index contributed by atoms with van der Waals surface area (Å²) in [6.45, 7) is 7.92. The van der Waals surface area contributed by atoms with Gasteiger partial charge in [0.25, 0.3) is 5.91 Å². The van der Waals surface area contributed by atoms with E-state index in [1.807, 2.05) is 41.3 Å². The molecule has 1 aliphatic heterocycles. The molecule has 4 aromatic rings. The first-order chi connectivity index (χ1) is 19.9. The molecule has 4 N–H and O–H groups in total. The fourth-order valence-corrected chi connectivity index (χ4v) is 5.73. The zero-order valence-electron chi connectivity index (χ0n) is 23.8. The van der Waals surface area contributed by atoms with Gasteiger partial charge in [0.1, 0.15) is 0 Å². The maximum atomic E-state index is 13.1. The largest absolute Gasteiger partial charge is 0.363 e. The van der Waals surface area contributed by atoms with Crippen LogP contribution < -0.4 is 16.0 Å². The van der Waals surface area contributed by atoms with E-state index >= 15 is 0 Å². The number of H-pyrrole nitrogens is 1. The molecule has 2 aliphatic rings. The molecule has 0 spiro atoms. The summed E-state index contributed by atoms with van der Waals surface area (Å²) < 4.78 is 0. The highest BCUT2D eigenvalue weighted by Crippen LogP contribution is 2.34. The van der Waals surface area contributed by atoms with Crippen molar-refractivity contribution in [3.05, 3.63) is 71.4 Å². The lowest BCUT2D eigenvalue weighted by atomic mass is 9.97. The second kappa shape index (κ2) is 11.2. The molecular formula is C32H37N7O2. The summed E-state index contributed by atoms with van der Waals surface area (Å²) in [6.07, 6.45) is 5.71. The van der Waals surface area contributed by atoms with Gasteiger partial charge in [-0.2, -0.15) is 5.10 Å². The fraction of sp³-hybridized carbons (Fsp3) is 0.375. The average molecular weight is 552 g/mol. The molecule has 2 aromatic carbocycles. The van der Waals surface area contributed by atoms with Crippen molar-refractivity contribution in [1.29, 1.82) is 0 Å². The van der Waals surface area contributed by atoms with Gasteiger partial charge in [-0.05, 0) is 86.1 Å². The molecule has 41 heavy (non-hydrogen) atoms. The fourth-order valence-electron chi connectivity index (χ4n) is 5.73. The summed E-state index contributed by atoms with van der Waals surface area (Å²) >= 11 is 0. The summed E-state index contributed by atoms with van der Waals surface area (Å²) in [4.78, 5) is 32.2. The summed E-state index contributed by atoms with van der Waals surface area (Å²) in [7, 11) is 0. The molecule has 2 fully saturated rings. The number of pyridine rings is 1. The Morgan fingerprint density at radius 2 is 1.90 bits per heavy atom. The molecule has 6 rings (SSSR count). The maximum Gasteiger partial charge on any atom is 0.255 e. The zero-order chi connectivity index (χ0) is 28.5. The van der Waals surface area contributed by atoms with Crippen LogP contribution in [0, 0.1) is 12.8 Å². The van der Waals surface area contributed by atoms with Crippen LogP contribution in [0.15, 0.2) is 54.7 Å². The minimum Gasteiger partial charge on any atom is -0.363 e. The van der Waals surface area contributed by atoms with Gasteiger partial charge < -0.3 is 20.9 Å². The Kier molecular flexibility index (Phi) is 7.34. The van der Waals surface area contributed by atoms with Crippen LogP contribution in [0.1, 0.15) is 66.9 Å². The Balaban J connectivity index is 1.18. The predicted molar refractivity (Wildman–Crippen MR) is 163 cm³/mol. The van der Waals surface area contributed by atoms with Crippen LogP contribution in [-0.2, 0) is 4.79 Å². The number of hydrogen-bond donors (Lipinski definition) is 4. The van der Waals surface area contributed by atoms with Crippen molar-refractivity contribution in [3.8, 4) is 0 Å². The monoisotopic (exact) mass is 551 g/mol. The van der Waals surface area contributed by atoms with E-state index in [-0.39, 0.29) is 17.9 Å². The number of likely N-dealkylation sites (tertiary alicyclic amines) is 1. The molecule has 0 bridgehead atoms. The first kappa shape index (κ1) is 26.8. The van der Waals surface area contributed by atoms with Crippen molar-refractivity contribution in [1.82, 2.24) is 20.1 Å². The van der Waals surface area contributed by atoms with Gasteiger partial charge in [-0.15, -0.1) is 0 Å². The Hall–Kier alpha value is -4.40. The molecule has 1 aliphatic carbocycles. The number of fused-ring (bicyclic) bond motifs is 1. The highest BCUT2D eigenvalue weighted by Gasteiger charge is 2.35. The highest BCUT2D eigenvalue weighted by molar-refractivity contribution is 6.05. The number of anilines is 4. The number of carbonyl (C=O) groups is 2. The van der Waals surface area contributed by atoms with Crippen molar-refractivity contribution >= 4 is 45.7 Å². The van der Waals surface area contributed by atoms with E-state index < -0.39 is 0 Å². The van der Waals surface area contributed by atoms with Gasteiger partial charge in [-0.1, -0.05) is 26.0 Å². The first-order valence-corrected chi connectivity index (χ1v) is 14.5. The number of aromatic nitrogens is 3. The first-order valence-electron chi connectivity index (χ1n) is 14.5. The van der Waals surface area contributed by atoms with E-state index in [0.29, 0.717) is 35.4 Å². The van der Waals surface area contributed by atoms with E-state index in [1.165, 1.54) is 5.56 Å². The van der Waals surface area contributed by atoms with Crippen molar-refractivity contribution in [3.63, 3.8) is 0 Å². The molecule has 3 heterocycles. The van der Waals surface area contributed by atoms with Crippen LogP contribution in [0.2, 0.25) is 0 Å². The number of piperidine rings is 1. The summed E-state index contributed by atoms with van der Waals surface area (Å²) in [6, 6.07) is 15.5. The van der Waals surface area contributed by atoms with E-state index in [4.69, 9.17) is 0 Å². The van der Waals surface area contributed by atoms with Crippen LogP contribution in [0.4, 0.5) is 22.9 Å². The third kappa shape index (κ3) is 5.89. The molecule has 1 saturated heterocycles. The zero-order valence-corrected chi connectivity index (χ0v) is 23.8. The third-order valence-corrected chi connectivity index (χ3v) is 8.02. The molecule has 2 aromatic heterocycles. The van der Waals surface area contributed by atoms with E-state index in [2.05, 4.69) is 58.0 Å². The molecule has 212 valence electrons. The molecule has 2 amide bonds. The number of aryl methyl sites for hydroxylation is 1. The Morgan fingerprint density at radius 3 is 2.68 bits per heavy atom. The van der Waals surface area contributed by atoms with Gasteiger partial charge in [0.15, 0.2) is 11.5 Å². The normalized spacial score (nSPS) is 17.1. The average Bonchev–Trinajstić information content (AvgIpc) is 3.74. The lowest BCUT2D eigenvalue weighted by Crippen LogP contribution is -2.45. The third-order valence-electron chi connectivity index (χ3n) is 8.02. The van der Waals surface area contributed by atoms with Crippen molar-refractivity contribution in [2.45, 2.75) is 58.4 Å². The minimum absolute atomic E-state index is 0.122. The topological polar surface area (TPSA) is 115 Å². The standard InChI is InChI=1S/C32H37N7O2/c1-19(2)26-12-11-24(16-20(26)3)36-31(40)22-6-4-7-23(17-22)34-27-13-14-33-29-28(27)30(38-37-29)35-25-8-5-15-39(18-25)32(41)21-9-10-21/h4,6-7,11-14,16-17,19,21,25H,5,8-10,15,18H2,1-3H3,(H,36,40)(H3,33,34,35,37,38)/t25-/m1/s1. The highest BCUT2D eigenvalue weighted by atomic mass is 16.2. The number of hydrogen-bond acceptors (Lipinski definition) is 6. The van der Waals surface area contributed by atoms with Gasteiger partial charge in [-0.25, -0.2) is 4.98 Å². The van der Waals surface area contributed by atoms with Crippen LogP contribution >= 0.6 is 0 Å². The van der Waals surface area contributed by atoms with Crippen LogP contribution in [-0.4, -0.2) is 51.0 Å². The summed E-state index contributed by atoms with van der Waals surface area (Å²) in [5, 5.41) is 18.5. The van der Waals surface area contributed by atoms with Crippen LogP contribution in [0.3, 0.4) is 0 Å². The summed E-state index contributed by atoms with van der Waals surface area (Å²) in [5.41, 5.74) is 6.04. The van der Waals surface area contributed by atoms with Crippen LogP contribution in [0.5, 0.6) is 0 Å². The second-order valence-corrected chi connectivity index (χ2v) is 11.6. The van der Waals surface area contributed by atoms with Gasteiger partial charge in [0.2, 0.25) is 5.91 Å². The van der Waals surface area contributed by atoms with Gasteiger partial charge >= 0.3 is 0 Å². The Bertz CT molecular complexity index is 1590. The lowest BCUT2D eigenvalue weighted by Gasteiger charge is -2.33. The molecule has 9 heteroatoms. The Labute approximate surface area is 240 Å². The van der Waals surface area contributed by atoms with Gasteiger partial charge in [-0.3, -0.25) is 14.7 Å². The minimum atomic E-state index is -0.168. The van der Waals surface area contributed by atoms with E-state index in [1.54, 1.807) is 12.3 Å². The number of rotatable bonds is 8. The Morgan fingerprint density at radius 1 is 1.05 bits per heavy atom. The number of amides is 2. The number of carbonyl (C=O) groups excluding carboxylic acids is 2. The number of nitrogens with zero attached hydrogens (tertiary/aromatic N) is 3. The van der Waals surface area contributed by atoms with Crippen molar-refractivity contribution < 1.29 is 9.59 Å². The van der Waals surface area contributed by atoms with Crippen molar-refractivity contribution in [2.24, 2.45) is 5.92 Å². The van der Waals surface area contributed by atoms with E-state index in [0.717, 1.165) is 60.2 Å². The summed E-state index contributed by atoms with van der Waals surface area (Å²) in [5.74, 6) is 1.49. The lowest BCUT2D eigenvalue weighted by molar-refractivity contribution is -0.133. The molecular weight excluding hydrogens is 514 g/mol. The smallest absolute Gasteiger partial charge is 0.255 e. The van der Waals surface area contributed by atoms with Gasteiger partial charge in [0.05, 0.1) is 11.1 Å². The quantitative estimate of drug-likeness (QED) is 0.207. The second-order valence-electron chi connectivity index (χ2n) is 11.6. The number of nitrogens with one attached hydrogen (secondary N) is 4. The SMILES string of the molecule is Cc1cc(NC(=O)c2cccc(Nc3ccnc4[nH]nc(N[C@@H]5CCCN(C(=O)C6CC6)C5)c34)c2)ccc1C(C)C. The molecule has 0 unspecified atom stereocenters. The molecule has 0 radical (unpaired) electrons. The van der Waals surface area contributed by atoms with Crippen molar-refractivity contribution in [2.75, 3.05) is 29.0 Å². The van der Waals surface area contributed by atoms with Crippen LogP contribution in [0.25, 0.3) is 11.0 Å². The predicted octanol–water partition coefficient (Wildman–Crippen LogP) is 6.20. The number of aromatic amines is 1. The maximum absolute atomic E-state index is 13.1. The molecule has 9 nitrogen and oxygen atoms in total.